The summed E-state index contributed by atoms with van der Waals surface area (Å²) in [6, 6.07) is 10.3. The Labute approximate surface area is 157 Å². The number of guanidine groups is 1. The molecule has 1 aromatic carbocycles. The number of nitrogens with one attached hydrogen (secondary N) is 2. The molecule has 2 N–H and O–H groups in total. The summed E-state index contributed by atoms with van der Waals surface area (Å²) in [6.45, 7) is 4.30. The lowest BCUT2D eigenvalue weighted by Gasteiger charge is -2.16. The minimum atomic E-state index is -0.405. The molecule has 1 unspecified atom stereocenters. The van der Waals surface area contributed by atoms with Gasteiger partial charge in [-0.15, -0.1) is 24.0 Å². The molecule has 2 rings (SSSR count). The number of nitro groups is 1. The third-order valence-corrected chi connectivity index (χ3v) is 3.35. The van der Waals surface area contributed by atoms with Gasteiger partial charge in [0.25, 0.3) is 5.69 Å². The molecule has 1 heterocycles. The summed E-state index contributed by atoms with van der Waals surface area (Å²) in [5.74, 6) is 2.27. The maximum atomic E-state index is 10.8. The first kappa shape index (κ1) is 19.9. The molecule has 24 heavy (non-hydrogen) atoms. The van der Waals surface area contributed by atoms with E-state index in [4.69, 9.17) is 4.42 Å². The van der Waals surface area contributed by atoms with Crippen LogP contribution in [0.4, 0.5) is 5.69 Å². The van der Waals surface area contributed by atoms with Crippen LogP contribution in [0.2, 0.25) is 0 Å². The van der Waals surface area contributed by atoms with Gasteiger partial charge in [-0.1, -0.05) is 12.1 Å². The average molecular weight is 444 g/mol. The first-order valence-corrected chi connectivity index (χ1v) is 7.26. The molecule has 8 heteroatoms. The summed E-state index contributed by atoms with van der Waals surface area (Å²) in [6.07, 6.45) is 0. The Morgan fingerprint density at radius 1 is 1.38 bits per heavy atom. The number of nitro benzene ring substituents is 1. The quantitative estimate of drug-likeness (QED) is 0.242. The standard InChI is InChI=1S/C16H20N4O3.HI/c1-11-7-8-15(23-11)12(2)19-16(17-3)18-10-13-5-4-6-14(9-13)20(21)22;/h4-9,12H,10H2,1-3H3,(H2,17,18,19);1H. The number of nitrogens with zero attached hydrogens (tertiary/aromatic N) is 2. The number of aryl methyl sites for hydroxylation is 1. The number of benzene rings is 1. The zero-order valence-corrected chi connectivity index (χ0v) is 16.1. The van der Waals surface area contributed by atoms with Gasteiger partial charge in [0.15, 0.2) is 5.96 Å². The number of furan rings is 1. The Morgan fingerprint density at radius 2 is 2.12 bits per heavy atom. The Hall–Kier alpha value is -2.10. The van der Waals surface area contributed by atoms with E-state index in [0.717, 1.165) is 17.1 Å². The zero-order valence-electron chi connectivity index (χ0n) is 13.8. The molecule has 7 nitrogen and oxygen atoms in total. The van der Waals surface area contributed by atoms with E-state index in [2.05, 4.69) is 15.6 Å². The predicted octanol–water partition coefficient (Wildman–Crippen LogP) is 3.54. The first-order chi connectivity index (χ1) is 11.0. The number of rotatable bonds is 5. The topological polar surface area (TPSA) is 92.7 Å². The largest absolute Gasteiger partial charge is 0.464 e. The molecule has 0 spiro atoms. The second-order valence-electron chi connectivity index (χ2n) is 5.17. The highest BCUT2D eigenvalue weighted by molar-refractivity contribution is 14.0. The second-order valence-corrected chi connectivity index (χ2v) is 5.17. The van der Waals surface area contributed by atoms with Gasteiger partial charge in [0, 0.05) is 25.7 Å². The maximum Gasteiger partial charge on any atom is 0.269 e. The molecule has 2 aromatic rings. The summed E-state index contributed by atoms with van der Waals surface area (Å²) in [5.41, 5.74) is 0.885. The highest BCUT2D eigenvalue weighted by Crippen LogP contribution is 2.15. The Bertz CT molecular complexity index is 715. The van der Waals surface area contributed by atoms with Gasteiger partial charge in [-0.05, 0) is 31.5 Å². The third kappa shape index (κ3) is 5.52. The molecule has 0 fully saturated rings. The summed E-state index contributed by atoms with van der Waals surface area (Å²) >= 11 is 0. The summed E-state index contributed by atoms with van der Waals surface area (Å²) in [4.78, 5) is 14.5. The van der Waals surface area contributed by atoms with Crippen molar-refractivity contribution in [3.63, 3.8) is 0 Å². The molecule has 0 aliphatic carbocycles. The Balaban J connectivity index is 0.00000288. The lowest BCUT2D eigenvalue weighted by atomic mass is 10.2. The molecule has 130 valence electrons. The molecule has 0 aliphatic rings. The van der Waals surface area contributed by atoms with Crippen LogP contribution in [0.3, 0.4) is 0 Å². The van der Waals surface area contributed by atoms with Crippen molar-refractivity contribution >= 4 is 35.6 Å². The van der Waals surface area contributed by atoms with E-state index in [9.17, 15) is 10.1 Å². The molecule has 0 saturated heterocycles. The second kappa shape index (κ2) is 9.26. The summed E-state index contributed by atoms with van der Waals surface area (Å²) in [7, 11) is 1.67. The van der Waals surface area contributed by atoms with E-state index in [1.165, 1.54) is 6.07 Å². The first-order valence-electron chi connectivity index (χ1n) is 7.26. The third-order valence-electron chi connectivity index (χ3n) is 3.35. The lowest BCUT2D eigenvalue weighted by Crippen LogP contribution is -2.38. The van der Waals surface area contributed by atoms with Crippen LogP contribution in [0, 0.1) is 17.0 Å². The summed E-state index contributed by atoms with van der Waals surface area (Å²) < 4.78 is 5.58. The van der Waals surface area contributed by atoms with Crippen LogP contribution in [0.15, 0.2) is 45.8 Å². The predicted molar refractivity (Wildman–Crippen MR) is 104 cm³/mol. The van der Waals surface area contributed by atoms with E-state index in [0.29, 0.717) is 12.5 Å². The molecular weight excluding hydrogens is 423 g/mol. The molecule has 0 amide bonds. The number of hydrogen-bond acceptors (Lipinski definition) is 4. The van der Waals surface area contributed by atoms with E-state index < -0.39 is 4.92 Å². The van der Waals surface area contributed by atoms with Crippen molar-refractivity contribution in [3.05, 3.63) is 63.6 Å². The molecule has 0 saturated carbocycles. The van der Waals surface area contributed by atoms with Gasteiger partial charge < -0.3 is 15.1 Å². The van der Waals surface area contributed by atoms with E-state index in [1.54, 1.807) is 19.2 Å². The Morgan fingerprint density at radius 3 is 2.71 bits per heavy atom. The van der Waals surface area contributed by atoms with Crippen LogP contribution >= 0.6 is 24.0 Å². The van der Waals surface area contributed by atoms with Crippen LogP contribution < -0.4 is 10.6 Å². The van der Waals surface area contributed by atoms with Crippen LogP contribution in [0.1, 0.15) is 30.0 Å². The highest BCUT2D eigenvalue weighted by Gasteiger charge is 2.11. The minimum absolute atomic E-state index is 0. The van der Waals surface area contributed by atoms with Gasteiger partial charge >= 0.3 is 0 Å². The van der Waals surface area contributed by atoms with Crippen molar-refractivity contribution in [2.45, 2.75) is 26.4 Å². The van der Waals surface area contributed by atoms with Gasteiger partial charge in [-0.2, -0.15) is 0 Å². The fourth-order valence-electron chi connectivity index (χ4n) is 2.12. The normalized spacial score (nSPS) is 12.2. The van der Waals surface area contributed by atoms with Crippen LogP contribution in [-0.4, -0.2) is 17.9 Å². The average Bonchev–Trinajstić information content (AvgIpc) is 2.98. The molecule has 0 radical (unpaired) electrons. The monoisotopic (exact) mass is 444 g/mol. The van der Waals surface area contributed by atoms with Crippen LogP contribution in [-0.2, 0) is 6.54 Å². The van der Waals surface area contributed by atoms with Gasteiger partial charge in [-0.3, -0.25) is 15.1 Å². The van der Waals surface area contributed by atoms with E-state index in [1.807, 2.05) is 32.0 Å². The van der Waals surface area contributed by atoms with Crippen molar-refractivity contribution in [2.75, 3.05) is 7.05 Å². The Kier molecular flexibility index (Phi) is 7.69. The van der Waals surface area contributed by atoms with Gasteiger partial charge in [0.1, 0.15) is 11.5 Å². The van der Waals surface area contributed by atoms with Gasteiger partial charge in [0.05, 0.1) is 11.0 Å². The SMILES string of the molecule is CN=C(NCc1cccc([N+](=O)[O-])c1)NC(C)c1ccc(C)o1.I. The molecule has 0 aliphatic heterocycles. The van der Waals surface area contributed by atoms with Crippen molar-refractivity contribution in [1.82, 2.24) is 10.6 Å². The van der Waals surface area contributed by atoms with Gasteiger partial charge in [0.2, 0.25) is 0 Å². The van der Waals surface area contributed by atoms with Crippen LogP contribution in [0.5, 0.6) is 0 Å². The minimum Gasteiger partial charge on any atom is -0.464 e. The number of hydrogen-bond donors (Lipinski definition) is 2. The van der Waals surface area contributed by atoms with Crippen molar-refractivity contribution < 1.29 is 9.34 Å². The van der Waals surface area contributed by atoms with Crippen molar-refractivity contribution in [1.29, 1.82) is 0 Å². The number of halogens is 1. The smallest absolute Gasteiger partial charge is 0.269 e. The fraction of sp³-hybridized carbons (Fsp3) is 0.312. The van der Waals surface area contributed by atoms with Crippen molar-refractivity contribution in [3.8, 4) is 0 Å². The summed E-state index contributed by atoms with van der Waals surface area (Å²) in [5, 5.41) is 17.1. The molecule has 0 bridgehead atoms. The highest BCUT2D eigenvalue weighted by atomic mass is 127. The van der Waals surface area contributed by atoms with E-state index in [-0.39, 0.29) is 35.7 Å². The number of non-ortho nitro benzene ring substituents is 1. The zero-order chi connectivity index (χ0) is 16.8. The molecular formula is C16H21IN4O3. The molecule has 1 atom stereocenters. The maximum absolute atomic E-state index is 10.8. The van der Waals surface area contributed by atoms with Crippen molar-refractivity contribution in [2.24, 2.45) is 4.99 Å². The van der Waals surface area contributed by atoms with Gasteiger partial charge in [-0.25, -0.2) is 0 Å². The fourth-order valence-corrected chi connectivity index (χ4v) is 2.12. The number of aliphatic imine (C=N–C) groups is 1. The van der Waals surface area contributed by atoms with Crippen LogP contribution in [0.25, 0.3) is 0 Å². The van der Waals surface area contributed by atoms with E-state index >= 15 is 0 Å². The molecule has 1 aromatic heterocycles. The lowest BCUT2D eigenvalue weighted by molar-refractivity contribution is -0.384.